The van der Waals surface area contributed by atoms with Crippen molar-refractivity contribution >= 4 is 27.5 Å². The molecule has 172 valence electrons. The summed E-state index contributed by atoms with van der Waals surface area (Å²) in [5.41, 5.74) is 2.27. The van der Waals surface area contributed by atoms with E-state index in [0.29, 0.717) is 26.2 Å². The number of nitrogens with zero attached hydrogens (tertiary/aromatic N) is 3. The van der Waals surface area contributed by atoms with Gasteiger partial charge in [0.25, 0.3) is 5.56 Å². The number of hydrogen-bond acceptors (Lipinski definition) is 6. The average molecular weight is 466 g/mol. The molecule has 3 aromatic rings. The van der Waals surface area contributed by atoms with Gasteiger partial charge in [-0.3, -0.25) is 14.2 Å². The van der Waals surface area contributed by atoms with Gasteiger partial charge in [-0.15, -0.1) is 11.3 Å². The van der Waals surface area contributed by atoms with Crippen LogP contribution in [0.1, 0.15) is 54.1 Å². The molecule has 3 aliphatic rings. The lowest BCUT2D eigenvalue weighted by Gasteiger charge is -2.27. The molecule has 1 aromatic carbocycles. The first-order chi connectivity index (χ1) is 16.2. The molecule has 1 atom stereocenters. The van der Waals surface area contributed by atoms with Crippen LogP contribution in [0.15, 0.2) is 29.3 Å². The number of amides is 1. The Hall–Kier alpha value is -2.87. The van der Waals surface area contributed by atoms with Crippen LogP contribution in [0.25, 0.3) is 10.2 Å². The molecule has 1 amide bonds. The molecule has 0 radical (unpaired) electrons. The summed E-state index contributed by atoms with van der Waals surface area (Å²) in [7, 11) is 0. The fourth-order valence-corrected chi connectivity index (χ4v) is 6.60. The van der Waals surface area contributed by atoms with Crippen molar-refractivity contribution in [2.75, 3.05) is 19.8 Å². The van der Waals surface area contributed by atoms with Crippen molar-refractivity contribution < 1.29 is 14.3 Å². The number of aromatic nitrogens is 2. The van der Waals surface area contributed by atoms with Crippen molar-refractivity contribution in [1.29, 1.82) is 0 Å². The smallest absolute Gasteiger partial charge is 0.262 e. The first-order valence-corrected chi connectivity index (χ1v) is 12.7. The van der Waals surface area contributed by atoms with Crippen LogP contribution in [0, 0.1) is 0 Å². The summed E-state index contributed by atoms with van der Waals surface area (Å²) in [6.45, 7) is 2.20. The second-order valence-corrected chi connectivity index (χ2v) is 10.1. The zero-order valence-corrected chi connectivity index (χ0v) is 19.4. The van der Waals surface area contributed by atoms with Gasteiger partial charge in [0.05, 0.1) is 17.8 Å². The van der Waals surface area contributed by atoms with E-state index in [4.69, 9.17) is 9.47 Å². The number of rotatable bonds is 4. The lowest BCUT2D eigenvalue weighted by atomic mass is 9.97. The Morgan fingerprint density at radius 2 is 1.97 bits per heavy atom. The van der Waals surface area contributed by atoms with Crippen LogP contribution in [-0.4, -0.2) is 40.1 Å². The van der Waals surface area contributed by atoms with Crippen molar-refractivity contribution in [3.05, 3.63) is 50.9 Å². The fraction of sp³-hybridized carbons (Fsp3) is 0.480. The maximum absolute atomic E-state index is 13.2. The lowest BCUT2D eigenvalue weighted by molar-refractivity contribution is -0.132. The highest BCUT2D eigenvalue weighted by Gasteiger charge is 2.31. The third-order valence-corrected chi connectivity index (χ3v) is 8.23. The molecule has 7 nitrogen and oxygen atoms in total. The highest BCUT2D eigenvalue weighted by Crippen LogP contribution is 2.38. The van der Waals surface area contributed by atoms with Crippen LogP contribution in [-0.2, 0) is 24.2 Å². The maximum Gasteiger partial charge on any atom is 0.262 e. The average Bonchev–Trinajstić information content (AvgIpc) is 3.48. The number of thiophene rings is 1. The summed E-state index contributed by atoms with van der Waals surface area (Å²) in [4.78, 5) is 35.0. The predicted octanol–water partition coefficient (Wildman–Crippen LogP) is 3.86. The lowest BCUT2D eigenvalue weighted by Crippen LogP contribution is -2.32. The molecular weight excluding hydrogens is 438 g/mol. The molecule has 4 heterocycles. The molecule has 33 heavy (non-hydrogen) atoms. The number of carbonyl (C=O) groups is 1. The molecule has 6 rings (SSSR count). The molecule has 1 fully saturated rings. The number of ether oxygens (including phenoxy) is 2. The van der Waals surface area contributed by atoms with E-state index in [-0.39, 0.29) is 17.5 Å². The third-order valence-electron chi connectivity index (χ3n) is 7.03. The molecule has 2 aromatic heterocycles. The highest BCUT2D eigenvalue weighted by atomic mass is 32.1. The number of carbonyl (C=O) groups excluding carboxylic acids is 1. The zero-order chi connectivity index (χ0) is 22.4. The Kier molecular flexibility index (Phi) is 5.32. The molecule has 0 N–H and O–H groups in total. The SMILES string of the molecule is O=C(CCn1cnc2sc3c(c2c1=O)CCCC3)N1CCCC1c1ccc2c(c1)OCCO2. The van der Waals surface area contributed by atoms with Crippen molar-refractivity contribution in [1.82, 2.24) is 14.5 Å². The van der Waals surface area contributed by atoms with Crippen LogP contribution in [0.4, 0.5) is 0 Å². The monoisotopic (exact) mass is 465 g/mol. The summed E-state index contributed by atoms with van der Waals surface area (Å²) in [5.74, 6) is 1.59. The molecule has 1 saturated heterocycles. The minimum absolute atomic E-state index is 0.00277. The molecule has 0 bridgehead atoms. The van der Waals surface area contributed by atoms with Gasteiger partial charge in [-0.2, -0.15) is 0 Å². The normalized spacial score (nSPS) is 19.6. The molecule has 2 aliphatic heterocycles. The number of fused-ring (bicyclic) bond motifs is 4. The van der Waals surface area contributed by atoms with E-state index in [9.17, 15) is 9.59 Å². The second kappa shape index (κ2) is 8.48. The van der Waals surface area contributed by atoms with Gasteiger partial charge >= 0.3 is 0 Å². The topological polar surface area (TPSA) is 73.7 Å². The summed E-state index contributed by atoms with van der Waals surface area (Å²) < 4.78 is 13.0. The van der Waals surface area contributed by atoms with Gasteiger partial charge in [-0.05, 0) is 61.8 Å². The number of likely N-dealkylation sites (tertiary alicyclic amines) is 1. The third kappa shape index (κ3) is 3.70. The van der Waals surface area contributed by atoms with Gasteiger partial charge in [-0.1, -0.05) is 6.07 Å². The number of aryl methyl sites for hydroxylation is 3. The van der Waals surface area contributed by atoms with Crippen molar-refractivity contribution in [3.63, 3.8) is 0 Å². The highest BCUT2D eigenvalue weighted by molar-refractivity contribution is 7.18. The molecule has 8 heteroatoms. The second-order valence-electron chi connectivity index (χ2n) is 9.03. The number of benzene rings is 1. The maximum atomic E-state index is 13.2. The van der Waals surface area contributed by atoms with Crippen molar-refractivity contribution in [2.45, 2.75) is 57.5 Å². The molecule has 0 saturated carbocycles. The Bertz CT molecular complexity index is 1280. The van der Waals surface area contributed by atoms with E-state index in [1.165, 1.54) is 16.9 Å². The quantitative estimate of drug-likeness (QED) is 0.585. The molecular formula is C25H27N3O4S. The zero-order valence-electron chi connectivity index (χ0n) is 18.5. The fourth-order valence-electron chi connectivity index (χ4n) is 5.38. The van der Waals surface area contributed by atoms with Crippen LogP contribution in [0.3, 0.4) is 0 Å². The largest absolute Gasteiger partial charge is 0.486 e. The Balaban J connectivity index is 1.19. The van der Waals surface area contributed by atoms with E-state index < -0.39 is 0 Å². The summed E-state index contributed by atoms with van der Waals surface area (Å²) in [6.07, 6.45) is 8.12. The minimum atomic E-state index is -0.00277. The van der Waals surface area contributed by atoms with E-state index in [2.05, 4.69) is 4.98 Å². The van der Waals surface area contributed by atoms with Gasteiger partial charge in [0.1, 0.15) is 18.0 Å². The van der Waals surface area contributed by atoms with Gasteiger partial charge in [0, 0.05) is 24.4 Å². The van der Waals surface area contributed by atoms with E-state index in [1.54, 1.807) is 22.2 Å². The van der Waals surface area contributed by atoms with Crippen molar-refractivity contribution in [2.24, 2.45) is 0 Å². The van der Waals surface area contributed by atoms with E-state index >= 15 is 0 Å². The summed E-state index contributed by atoms with van der Waals surface area (Å²) in [6, 6.07) is 6.01. The van der Waals surface area contributed by atoms with Gasteiger partial charge in [0.2, 0.25) is 5.91 Å². The van der Waals surface area contributed by atoms with Crippen LogP contribution >= 0.6 is 11.3 Å². The Labute approximate surface area is 195 Å². The van der Waals surface area contributed by atoms with Crippen LogP contribution in [0.5, 0.6) is 11.5 Å². The van der Waals surface area contributed by atoms with Gasteiger partial charge in [0.15, 0.2) is 11.5 Å². The van der Waals surface area contributed by atoms with E-state index in [1.807, 2.05) is 23.1 Å². The summed E-state index contributed by atoms with van der Waals surface area (Å²) >= 11 is 1.66. The Morgan fingerprint density at radius 1 is 1.12 bits per heavy atom. The first kappa shape index (κ1) is 20.7. The van der Waals surface area contributed by atoms with Gasteiger partial charge in [-0.25, -0.2) is 4.98 Å². The van der Waals surface area contributed by atoms with E-state index in [0.717, 1.165) is 65.9 Å². The molecule has 0 spiro atoms. The Morgan fingerprint density at radius 3 is 2.88 bits per heavy atom. The first-order valence-electron chi connectivity index (χ1n) is 11.9. The van der Waals surface area contributed by atoms with Crippen molar-refractivity contribution in [3.8, 4) is 11.5 Å². The van der Waals surface area contributed by atoms with Crippen LogP contribution < -0.4 is 15.0 Å². The van der Waals surface area contributed by atoms with Crippen LogP contribution in [0.2, 0.25) is 0 Å². The minimum Gasteiger partial charge on any atom is -0.486 e. The molecule has 1 aliphatic carbocycles. The standard InChI is InChI=1S/C25H27N3O4S/c29-22(28-10-3-5-18(28)16-7-8-19-20(14-16)32-13-12-31-19)9-11-27-15-26-24-23(25(27)30)17-4-1-2-6-21(17)33-24/h7-8,14-15,18H,1-6,9-13H2. The predicted molar refractivity (Wildman–Crippen MR) is 126 cm³/mol. The summed E-state index contributed by atoms with van der Waals surface area (Å²) in [5, 5.41) is 0.778. The number of hydrogen-bond donors (Lipinski definition) is 0. The van der Waals surface area contributed by atoms with Gasteiger partial charge < -0.3 is 14.4 Å². The molecule has 1 unspecified atom stereocenters.